The van der Waals surface area contributed by atoms with Crippen LogP contribution in [-0.2, 0) is 0 Å². The molecule has 0 spiro atoms. The van der Waals surface area contributed by atoms with Crippen molar-refractivity contribution in [1.82, 2.24) is 0 Å². The van der Waals surface area contributed by atoms with Gasteiger partial charge in [0.25, 0.3) is 5.91 Å². The summed E-state index contributed by atoms with van der Waals surface area (Å²) < 4.78 is 0. The van der Waals surface area contributed by atoms with Crippen LogP contribution < -0.4 is 5.32 Å². The van der Waals surface area contributed by atoms with Crippen LogP contribution in [0.5, 0.6) is 0 Å². The number of Topliss-reactive ketones (excluding diaryl/α,β-unsaturated/α-hetero) is 1. The van der Waals surface area contributed by atoms with Gasteiger partial charge in [-0.2, -0.15) is 0 Å². The van der Waals surface area contributed by atoms with Gasteiger partial charge in [-0.3, -0.25) is 9.59 Å². The summed E-state index contributed by atoms with van der Waals surface area (Å²) in [6.07, 6.45) is 0. The molecule has 164 valence electrons. The van der Waals surface area contributed by atoms with Crippen molar-refractivity contribution in [3.8, 4) is 11.1 Å². The zero-order chi connectivity index (χ0) is 23.2. The Labute approximate surface area is 206 Å². The van der Waals surface area contributed by atoms with E-state index in [4.69, 9.17) is 23.2 Å². The molecule has 1 N–H and O–H groups in total. The van der Waals surface area contributed by atoms with Gasteiger partial charge in [0.1, 0.15) is 0 Å². The fourth-order valence-electron chi connectivity index (χ4n) is 3.22. The lowest BCUT2D eigenvalue weighted by atomic mass is 10.0. The maximum absolute atomic E-state index is 12.6. The molecule has 0 saturated carbocycles. The molecule has 0 unspecified atom stereocenters. The van der Waals surface area contributed by atoms with E-state index in [-0.39, 0.29) is 11.7 Å². The van der Waals surface area contributed by atoms with E-state index < -0.39 is 0 Å². The Morgan fingerprint density at radius 1 is 0.758 bits per heavy atom. The summed E-state index contributed by atoms with van der Waals surface area (Å²) in [5.41, 5.74) is 3.88. The molecule has 0 radical (unpaired) electrons. The van der Waals surface area contributed by atoms with Crippen LogP contribution in [0, 0.1) is 0 Å². The van der Waals surface area contributed by atoms with E-state index in [0.29, 0.717) is 32.6 Å². The fourth-order valence-corrected chi connectivity index (χ4v) is 4.51. The molecule has 33 heavy (non-hydrogen) atoms. The Kier molecular flexibility index (Phi) is 7.50. The third-order valence-corrected chi connectivity index (χ3v) is 6.53. The summed E-state index contributed by atoms with van der Waals surface area (Å²) in [7, 11) is 0. The van der Waals surface area contributed by atoms with Crippen molar-refractivity contribution in [3.63, 3.8) is 0 Å². The minimum absolute atomic E-state index is 0.0642. The third kappa shape index (κ3) is 6.05. The van der Waals surface area contributed by atoms with Crippen LogP contribution in [0.1, 0.15) is 20.7 Å². The average molecular weight is 492 g/mol. The normalized spacial score (nSPS) is 10.6. The Morgan fingerprint density at radius 2 is 1.42 bits per heavy atom. The van der Waals surface area contributed by atoms with Crippen LogP contribution in [0.25, 0.3) is 11.1 Å². The Bertz CT molecular complexity index is 1270. The predicted molar refractivity (Wildman–Crippen MR) is 138 cm³/mol. The van der Waals surface area contributed by atoms with E-state index in [9.17, 15) is 9.59 Å². The molecule has 0 aliphatic rings. The number of hydrogen-bond donors (Lipinski definition) is 1. The Morgan fingerprint density at radius 3 is 2.09 bits per heavy atom. The maximum atomic E-state index is 12.6. The molecule has 0 aromatic heterocycles. The molecule has 1 amide bonds. The number of anilines is 1. The first-order chi connectivity index (χ1) is 16.0. The summed E-state index contributed by atoms with van der Waals surface area (Å²) in [5.74, 6) is 0.0807. The van der Waals surface area contributed by atoms with E-state index in [0.717, 1.165) is 16.0 Å². The molecule has 0 atom stereocenters. The number of benzene rings is 4. The number of thioether (sulfide) groups is 1. The topological polar surface area (TPSA) is 46.2 Å². The first-order valence-corrected chi connectivity index (χ1v) is 11.9. The molecular formula is C27H19Cl2NO2S. The SMILES string of the molecule is O=C(CSc1ccc(NC(=O)c2ccc(Cl)cc2Cl)cc1)c1ccc(-c2ccccc2)cc1. The Hall–Kier alpha value is -3.05. The summed E-state index contributed by atoms with van der Waals surface area (Å²) in [4.78, 5) is 26.0. The second kappa shape index (κ2) is 10.7. The molecule has 4 aromatic rings. The lowest BCUT2D eigenvalue weighted by molar-refractivity contribution is 0.101. The van der Waals surface area contributed by atoms with Gasteiger partial charge in [0.15, 0.2) is 5.78 Å². The van der Waals surface area contributed by atoms with Gasteiger partial charge < -0.3 is 5.32 Å². The average Bonchev–Trinajstić information content (AvgIpc) is 2.84. The van der Waals surface area contributed by atoms with E-state index in [2.05, 4.69) is 5.32 Å². The van der Waals surface area contributed by atoms with Crippen LogP contribution in [-0.4, -0.2) is 17.4 Å². The standard InChI is InChI=1S/C27H19Cl2NO2S/c28-21-10-15-24(25(29)16-21)27(32)30-22-11-13-23(14-12-22)33-17-26(31)20-8-6-19(7-9-20)18-4-2-1-3-5-18/h1-16H,17H2,(H,30,32). The van der Waals surface area contributed by atoms with Gasteiger partial charge in [0.05, 0.1) is 16.3 Å². The molecule has 4 rings (SSSR count). The minimum atomic E-state index is -0.314. The van der Waals surface area contributed by atoms with Gasteiger partial charge in [-0.1, -0.05) is 77.8 Å². The van der Waals surface area contributed by atoms with Crippen molar-refractivity contribution in [2.45, 2.75) is 4.90 Å². The van der Waals surface area contributed by atoms with Gasteiger partial charge in [-0.05, 0) is 53.6 Å². The van der Waals surface area contributed by atoms with Crippen LogP contribution in [0.2, 0.25) is 10.0 Å². The van der Waals surface area contributed by atoms with Gasteiger partial charge in [-0.15, -0.1) is 11.8 Å². The molecule has 3 nitrogen and oxygen atoms in total. The van der Waals surface area contributed by atoms with Crippen molar-refractivity contribution < 1.29 is 9.59 Å². The smallest absolute Gasteiger partial charge is 0.257 e. The van der Waals surface area contributed by atoms with Gasteiger partial charge in [0, 0.05) is 21.2 Å². The molecule has 0 bridgehead atoms. The molecule has 0 aliphatic heterocycles. The number of halogens is 2. The van der Waals surface area contributed by atoms with Crippen LogP contribution in [0.15, 0.2) is 102 Å². The minimum Gasteiger partial charge on any atom is -0.322 e. The number of rotatable bonds is 7. The second-order valence-corrected chi connectivity index (χ2v) is 9.15. The fraction of sp³-hybridized carbons (Fsp3) is 0.0370. The number of carbonyl (C=O) groups is 2. The third-order valence-electron chi connectivity index (χ3n) is 4.97. The summed E-state index contributed by atoms with van der Waals surface area (Å²) in [6.45, 7) is 0. The van der Waals surface area contributed by atoms with Gasteiger partial charge in [-0.25, -0.2) is 0 Å². The molecule has 0 heterocycles. The van der Waals surface area contributed by atoms with Crippen LogP contribution in [0.3, 0.4) is 0 Å². The molecule has 6 heteroatoms. The first-order valence-electron chi connectivity index (χ1n) is 10.2. The quantitative estimate of drug-likeness (QED) is 0.211. The molecule has 0 fully saturated rings. The number of hydrogen-bond acceptors (Lipinski definition) is 3. The lowest BCUT2D eigenvalue weighted by Crippen LogP contribution is -2.12. The van der Waals surface area contributed by atoms with Crippen molar-refractivity contribution >= 4 is 52.3 Å². The van der Waals surface area contributed by atoms with Crippen molar-refractivity contribution in [3.05, 3.63) is 118 Å². The van der Waals surface area contributed by atoms with Crippen molar-refractivity contribution in [2.24, 2.45) is 0 Å². The highest BCUT2D eigenvalue weighted by atomic mass is 35.5. The van der Waals surface area contributed by atoms with Crippen LogP contribution >= 0.6 is 35.0 Å². The predicted octanol–water partition coefficient (Wildman–Crippen LogP) is 7.89. The van der Waals surface area contributed by atoms with Crippen molar-refractivity contribution in [2.75, 3.05) is 11.1 Å². The molecule has 0 saturated heterocycles. The monoisotopic (exact) mass is 491 g/mol. The number of amides is 1. The Balaban J connectivity index is 1.32. The van der Waals surface area contributed by atoms with Crippen LogP contribution in [0.4, 0.5) is 5.69 Å². The highest BCUT2D eigenvalue weighted by Gasteiger charge is 2.12. The molecule has 4 aromatic carbocycles. The lowest BCUT2D eigenvalue weighted by Gasteiger charge is -2.08. The first kappa shape index (κ1) is 23.1. The number of nitrogens with one attached hydrogen (secondary N) is 1. The van der Waals surface area contributed by atoms with E-state index in [1.165, 1.54) is 17.8 Å². The number of ketones is 1. The maximum Gasteiger partial charge on any atom is 0.257 e. The summed E-state index contributed by atoms with van der Waals surface area (Å²) in [6, 6.07) is 29.8. The largest absolute Gasteiger partial charge is 0.322 e. The van der Waals surface area contributed by atoms with E-state index >= 15 is 0 Å². The highest BCUT2D eigenvalue weighted by Crippen LogP contribution is 2.25. The molecular weight excluding hydrogens is 473 g/mol. The highest BCUT2D eigenvalue weighted by molar-refractivity contribution is 8.00. The second-order valence-electron chi connectivity index (χ2n) is 7.26. The summed E-state index contributed by atoms with van der Waals surface area (Å²) >= 11 is 13.4. The summed E-state index contributed by atoms with van der Waals surface area (Å²) in [5, 5.41) is 3.58. The zero-order valence-electron chi connectivity index (χ0n) is 17.4. The van der Waals surface area contributed by atoms with Crippen molar-refractivity contribution in [1.29, 1.82) is 0 Å². The van der Waals surface area contributed by atoms with E-state index in [1.807, 2.05) is 66.7 Å². The molecule has 0 aliphatic carbocycles. The zero-order valence-corrected chi connectivity index (χ0v) is 19.8. The van der Waals surface area contributed by atoms with Gasteiger partial charge >= 0.3 is 0 Å². The number of carbonyl (C=O) groups excluding carboxylic acids is 2. The van der Waals surface area contributed by atoms with Gasteiger partial charge in [0.2, 0.25) is 0 Å². The van der Waals surface area contributed by atoms with E-state index in [1.54, 1.807) is 24.3 Å².